The van der Waals surface area contributed by atoms with Crippen molar-refractivity contribution in [2.24, 2.45) is 0 Å². The lowest BCUT2D eigenvalue weighted by Gasteiger charge is -2.05. The van der Waals surface area contributed by atoms with Gasteiger partial charge in [-0.2, -0.15) is 5.10 Å². The molecule has 3 heteroatoms. The van der Waals surface area contributed by atoms with Crippen LogP contribution in [-0.2, 0) is 19.3 Å². The Balaban J connectivity index is 2.02. The topological polar surface area (TPSA) is 30.2 Å². The van der Waals surface area contributed by atoms with E-state index in [4.69, 9.17) is 10.1 Å². The van der Waals surface area contributed by atoms with Crippen molar-refractivity contribution in [3.05, 3.63) is 76.8 Å². The fraction of sp³-hybridized carbons (Fsp3) is 0.300. The van der Waals surface area contributed by atoms with E-state index < -0.39 is 0 Å². The molecule has 3 nitrogen and oxygen atoms in total. The van der Waals surface area contributed by atoms with Crippen molar-refractivity contribution in [3.63, 3.8) is 0 Å². The van der Waals surface area contributed by atoms with E-state index >= 15 is 0 Å². The predicted molar refractivity (Wildman–Crippen MR) is 95.0 cm³/mol. The number of rotatable bonds is 5. The summed E-state index contributed by atoms with van der Waals surface area (Å²) in [5, 5.41) is 4.76. The van der Waals surface area contributed by atoms with Gasteiger partial charge in [0, 0.05) is 23.4 Å². The highest BCUT2D eigenvalue weighted by Crippen LogP contribution is 2.21. The molecule has 23 heavy (non-hydrogen) atoms. The van der Waals surface area contributed by atoms with Crippen molar-refractivity contribution >= 4 is 5.65 Å². The summed E-state index contributed by atoms with van der Waals surface area (Å²) in [6.07, 6.45) is 4.64. The minimum Gasteiger partial charge on any atom is -0.234 e. The number of allylic oxidation sites excluding steroid dienone is 1. The summed E-state index contributed by atoms with van der Waals surface area (Å²) in [4.78, 5) is 4.74. The first kappa shape index (κ1) is 15.5. The van der Waals surface area contributed by atoms with E-state index in [0.29, 0.717) is 0 Å². The Hall–Kier alpha value is -2.42. The molecule has 0 saturated heterocycles. The van der Waals surface area contributed by atoms with Crippen LogP contribution in [0.1, 0.15) is 40.7 Å². The van der Waals surface area contributed by atoms with Gasteiger partial charge in [0.25, 0.3) is 0 Å². The van der Waals surface area contributed by atoms with Crippen LogP contribution in [0.4, 0.5) is 0 Å². The molecule has 0 radical (unpaired) electrons. The smallest absolute Gasteiger partial charge is 0.159 e. The molecule has 0 aliphatic carbocycles. The average Bonchev–Trinajstić information content (AvgIpc) is 2.88. The number of hydrogen-bond donors (Lipinski definition) is 0. The van der Waals surface area contributed by atoms with Crippen LogP contribution in [0.5, 0.6) is 0 Å². The van der Waals surface area contributed by atoms with Gasteiger partial charge < -0.3 is 0 Å². The number of hydrogen-bond acceptors (Lipinski definition) is 2. The molecule has 0 aliphatic heterocycles. The maximum absolute atomic E-state index is 4.76. The second kappa shape index (κ2) is 6.37. The molecular weight excluding hydrogens is 282 g/mol. The summed E-state index contributed by atoms with van der Waals surface area (Å²) >= 11 is 0. The second-order valence-corrected chi connectivity index (χ2v) is 6.04. The maximum Gasteiger partial charge on any atom is 0.159 e. The highest BCUT2D eigenvalue weighted by molar-refractivity contribution is 5.53. The Labute approximate surface area is 137 Å². The van der Waals surface area contributed by atoms with E-state index in [1.165, 1.54) is 16.7 Å². The Morgan fingerprint density at radius 3 is 2.48 bits per heavy atom. The Bertz CT molecular complexity index is 841. The van der Waals surface area contributed by atoms with Crippen molar-refractivity contribution in [3.8, 4) is 0 Å². The van der Waals surface area contributed by atoms with Crippen LogP contribution < -0.4 is 0 Å². The standard InChI is InChI=1S/C20H23N3/c1-5-7-16-8-10-17(11-9-16)13-18-19(6-2)22-23-15(4)12-14(3)21-20(18)23/h5,8-12H,1,6-7,13H2,2-4H3. The normalized spacial score (nSPS) is 11.1. The van der Waals surface area contributed by atoms with E-state index in [1.54, 1.807) is 0 Å². The highest BCUT2D eigenvalue weighted by Gasteiger charge is 2.15. The van der Waals surface area contributed by atoms with Crippen molar-refractivity contribution in [2.75, 3.05) is 0 Å². The zero-order valence-corrected chi connectivity index (χ0v) is 14.1. The second-order valence-electron chi connectivity index (χ2n) is 6.04. The molecule has 118 valence electrons. The van der Waals surface area contributed by atoms with Gasteiger partial charge in [-0.25, -0.2) is 9.50 Å². The zero-order valence-electron chi connectivity index (χ0n) is 14.1. The highest BCUT2D eigenvalue weighted by atomic mass is 15.3. The molecular formula is C20H23N3. The summed E-state index contributed by atoms with van der Waals surface area (Å²) in [6.45, 7) is 10.1. The fourth-order valence-electron chi connectivity index (χ4n) is 3.04. The summed E-state index contributed by atoms with van der Waals surface area (Å²) < 4.78 is 1.98. The van der Waals surface area contributed by atoms with Crippen LogP contribution in [-0.4, -0.2) is 14.6 Å². The van der Waals surface area contributed by atoms with E-state index in [0.717, 1.165) is 42.0 Å². The molecule has 0 unspecified atom stereocenters. The van der Waals surface area contributed by atoms with Gasteiger partial charge in [-0.05, 0) is 43.9 Å². The van der Waals surface area contributed by atoms with Gasteiger partial charge in [-0.1, -0.05) is 37.3 Å². The molecule has 0 fully saturated rings. The predicted octanol–water partition coefficient (Wildman–Crippen LogP) is 4.23. The minimum atomic E-state index is 0.872. The molecule has 0 bridgehead atoms. The van der Waals surface area contributed by atoms with Crippen molar-refractivity contribution in [1.29, 1.82) is 0 Å². The third-order valence-electron chi connectivity index (χ3n) is 4.19. The summed E-state index contributed by atoms with van der Waals surface area (Å²) in [7, 11) is 0. The zero-order chi connectivity index (χ0) is 16.4. The van der Waals surface area contributed by atoms with Gasteiger partial charge in [0.2, 0.25) is 0 Å². The lowest BCUT2D eigenvalue weighted by molar-refractivity contribution is 0.849. The number of aromatic nitrogens is 3. The lowest BCUT2D eigenvalue weighted by atomic mass is 10.0. The number of benzene rings is 1. The molecule has 0 spiro atoms. The SMILES string of the molecule is C=CCc1ccc(Cc2c(CC)nn3c(C)cc(C)nc23)cc1. The van der Waals surface area contributed by atoms with Gasteiger partial charge in [0.15, 0.2) is 5.65 Å². The molecule has 0 saturated carbocycles. The Morgan fingerprint density at radius 1 is 1.13 bits per heavy atom. The fourth-order valence-corrected chi connectivity index (χ4v) is 3.04. The Morgan fingerprint density at radius 2 is 1.83 bits per heavy atom. The molecule has 0 atom stereocenters. The van der Waals surface area contributed by atoms with Crippen LogP contribution in [0.25, 0.3) is 5.65 Å². The molecule has 3 rings (SSSR count). The molecule has 2 heterocycles. The van der Waals surface area contributed by atoms with Crippen molar-refractivity contribution < 1.29 is 0 Å². The molecule has 0 N–H and O–H groups in total. The van der Waals surface area contributed by atoms with E-state index in [2.05, 4.69) is 50.8 Å². The van der Waals surface area contributed by atoms with Crippen LogP contribution >= 0.6 is 0 Å². The Kier molecular flexibility index (Phi) is 4.28. The van der Waals surface area contributed by atoms with Gasteiger partial charge in [-0.15, -0.1) is 6.58 Å². The van der Waals surface area contributed by atoms with Crippen LogP contribution in [0.15, 0.2) is 43.0 Å². The average molecular weight is 305 g/mol. The minimum absolute atomic E-state index is 0.872. The van der Waals surface area contributed by atoms with Crippen molar-refractivity contribution in [2.45, 2.75) is 40.0 Å². The van der Waals surface area contributed by atoms with Crippen LogP contribution in [0.2, 0.25) is 0 Å². The van der Waals surface area contributed by atoms with E-state index in [1.807, 2.05) is 17.5 Å². The van der Waals surface area contributed by atoms with Gasteiger partial charge in [0.05, 0.1) is 5.69 Å². The molecule has 2 aromatic heterocycles. The van der Waals surface area contributed by atoms with Gasteiger partial charge in [-0.3, -0.25) is 0 Å². The van der Waals surface area contributed by atoms with Gasteiger partial charge >= 0.3 is 0 Å². The molecule has 0 amide bonds. The largest absolute Gasteiger partial charge is 0.234 e. The maximum atomic E-state index is 4.76. The number of nitrogens with zero attached hydrogens (tertiary/aromatic N) is 3. The molecule has 0 aliphatic rings. The monoisotopic (exact) mass is 305 g/mol. The summed E-state index contributed by atoms with van der Waals surface area (Å²) in [5.41, 5.74) is 8.15. The molecule has 1 aromatic carbocycles. The number of aryl methyl sites for hydroxylation is 3. The molecule has 3 aromatic rings. The van der Waals surface area contributed by atoms with Crippen molar-refractivity contribution in [1.82, 2.24) is 14.6 Å². The lowest BCUT2D eigenvalue weighted by Crippen LogP contribution is -1.98. The summed E-state index contributed by atoms with van der Waals surface area (Å²) in [5.74, 6) is 0. The third kappa shape index (κ3) is 3.04. The van der Waals surface area contributed by atoms with E-state index in [9.17, 15) is 0 Å². The quantitative estimate of drug-likeness (QED) is 0.660. The first-order chi connectivity index (χ1) is 11.1. The first-order valence-corrected chi connectivity index (χ1v) is 8.15. The summed E-state index contributed by atoms with van der Waals surface area (Å²) in [6, 6.07) is 10.8. The first-order valence-electron chi connectivity index (χ1n) is 8.15. The third-order valence-corrected chi connectivity index (χ3v) is 4.19. The van der Waals surface area contributed by atoms with Crippen LogP contribution in [0.3, 0.4) is 0 Å². The van der Waals surface area contributed by atoms with Crippen LogP contribution in [0, 0.1) is 13.8 Å². The van der Waals surface area contributed by atoms with Gasteiger partial charge in [0.1, 0.15) is 0 Å². The number of fused-ring (bicyclic) bond motifs is 1. The van der Waals surface area contributed by atoms with E-state index in [-0.39, 0.29) is 0 Å².